The van der Waals surface area contributed by atoms with Gasteiger partial charge in [-0.3, -0.25) is 9.59 Å². The maximum absolute atomic E-state index is 11.5. The third-order valence-corrected chi connectivity index (χ3v) is 0.920. The van der Waals surface area contributed by atoms with Crippen molar-refractivity contribution in [2.75, 3.05) is 6.56 Å². The molecule has 0 N–H and O–H groups in total. The first kappa shape index (κ1) is 7.26. The summed E-state index contributed by atoms with van der Waals surface area (Å²) in [4.78, 5) is 22.2. The van der Waals surface area contributed by atoms with Gasteiger partial charge in [-0.1, -0.05) is 0 Å². The van der Waals surface area contributed by atoms with Crippen molar-refractivity contribution in [3.63, 3.8) is 0 Å². The second kappa shape index (κ2) is 5.62. The highest BCUT2D eigenvalue weighted by molar-refractivity contribution is 5.70. The van der Waals surface area contributed by atoms with Crippen LogP contribution in [0.4, 0.5) is 0 Å². The lowest BCUT2D eigenvalue weighted by molar-refractivity contribution is -0.156. The highest BCUT2D eigenvalue weighted by Crippen LogP contribution is 2.08. The first-order chi connectivity index (χ1) is 7.75. The normalized spacial score (nSPS) is 17.1. The Balaban J connectivity index is 4.74. The van der Waals surface area contributed by atoms with Gasteiger partial charge in [0, 0.05) is 16.0 Å². The molecule has 0 saturated heterocycles. The van der Waals surface area contributed by atoms with Crippen LogP contribution in [-0.4, -0.2) is 24.1 Å². The van der Waals surface area contributed by atoms with Crippen LogP contribution < -0.4 is 0 Å². The van der Waals surface area contributed by atoms with E-state index in [0.29, 0.717) is 0 Å². The molecule has 0 radical (unpaired) electrons. The van der Waals surface area contributed by atoms with Gasteiger partial charge in [0.1, 0.15) is 5.60 Å². The number of carbonyl (C=O) groups excluding carboxylic acids is 2. The molecule has 0 aromatic rings. The van der Waals surface area contributed by atoms with Crippen LogP contribution in [0.15, 0.2) is 0 Å². The van der Waals surface area contributed by atoms with Crippen LogP contribution in [0.1, 0.15) is 46.0 Å². The SMILES string of the molecule is [2H]C([2H])(CC([2H])([2H])C(=O)OC(C)(C)C)OC(C)=O. The summed E-state index contributed by atoms with van der Waals surface area (Å²) in [5.74, 6) is -2.08. The third-order valence-electron chi connectivity index (χ3n) is 0.920. The van der Waals surface area contributed by atoms with Gasteiger partial charge in [-0.15, -0.1) is 0 Å². The van der Waals surface area contributed by atoms with Gasteiger partial charge in [-0.05, 0) is 27.2 Å². The molecule has 0 aliphatic rings. The Kier molecular flexibility index (Phi) is 2.92. The molecule has 0 fully saturated rings. The molecule has 0 unspecified atom stereocenters. The fourth-order valence-corrected chi connectivity index (χ4v) is 0.560. The molecule has 0 amide bonds. The number of carbonyl (C=O) groups is 2. The van der Waals surface area contributed by atoms with Gasteiger partial charge in [0.05, 0.1) is 9.30 Å². The minimum Gasteiger partial charge on any atom is -0.466 e. The fraction of sp³-hybridized carbons (Fsp3) is 0.800. The minimum atomic E-state index is -2.58. The van der Waals surface area contributed by atoms with E-state index in [4.69, 9.17) is 10.2 Å². The molecule has 0 bridgehead atoms. The fourth-order valence-electron chi connectivity index (χ4n) is 0.560. The standard InChI is InChI=1S/C10H18O4/c1-8(11)13-7-5-6-9(12)14-10(2,3)4/h5-7H2,1-4H3/i6D2,7D2. The van der Waals surface area contributed by atoms with E-state index in [-0.39, 0.29) is 0 Å². The zero-order valence-corrected chi connectivity index (χ0v) is 8.84. The molecule has 0 saturated carbocycles. The Bertz CT molecular complexity index is 333. The van der Waals surface area contributed by atoms with Crippen molar-refractivity contribution in [1.29, 1.82) is 0 Å². The smallest absolute Gasteiger partial charge is 0.306 e. The summed E-state index contributed by atoms with van der Waals surface area (Å²) >= 11 is 0. The number of hydrogen-bond donors (Lipinski definition) is 0. The maximum Gasteiger partial charge on any atom is 0.306 e. The summed E-state index contributed by atoms with van der Waals surface area (Å²) in [6, 6.07) is 0. The van der Waals surface area contributed by atoms with Gasteiger partial charge >= 0.3 is 11.9 Å². The van der Waals surface area contributed by atoms with Crippen LogP contribution in [0.25, 0.3) is 0 Å². The van der Waals surface area contributed by atoms with Gasteiger partial charge in [0.2, 0.25) is 0 Å². The summed E-state index contributed by atoms with van der Waals surface area (Å²) in [5, 5.41) is 0. The van der Waals surface area contributed by atoms with Crippen molar-refractivity contribution in [3.05, 3.63) is 0 Å². The summed E-state index contributed by atoms with van der Waals surface area (Å²) in [6.07, 6.45) is -3.50. The van der Waals surface area contributed by atoms with Crippen molar-refractivity contribution in [1.82, 2.24) is 0 Å². The van der Waals surface area contributed by atoms with Crippen molar-refractivity contribution in [2.24, 2.45) is 0 Å². The summed E-state index contributed by atoms with van der Waals surface area (Å²) in [5.41, 5.74) is -0.876. The van der Waals surface area contributed by atoms with Gasteiger partial charge in [0.15, 0.2) is 0 Å². The maximum atomic E-state index is 11.5. The van der Waals surface area contributed by atoms with E-state index in [2.05, 4.69) is 4.74 Å². The van der Waals surface area contributed by atoms with Gasteiger partial charge in [-0.25, -0.2) is 0 Å². The largest absolute Gasteiger partial charge is 0.466 e. The predicted octanol–water partition coefficient (Wildman–Crippen LogP) is 1.67. The van der Waals surface area contributed by atoms with E-state index in [1.807, 2.05) is 0 Å². The molecule has 82 valence electrons. The van der Waals surface area contributed by atoms with Gasteiger partial charge in [-0.2, -0.15) is 0 Å². The van der Waals surface area contributed by atoms with Crippen molar-refractivity contribution < 1.29 is 24.5 Å². The first-order valence-electron chi connectivity index (χ1n) is 6.18. The van der Waals surface area contributed by atoms with Crippen LogP contribution in [-0.2, 0) is 19.1 Å². The summed E-state index contributed by atoms with van der Waals surface area (Å²) in [6.45, 7) is 3.15. The molecule has 0 aliphatic heterocycles. The highest BCUT2D eigenvalue weighted by Gasteiger charge is 2.15. The van der Waals surface area contributed by atoms with Gasteiger partial charge in [0.25, 0.3) is 0 Å². The number of esters is 2. The molecule has 0 heterocycles. The van der Waals surface area contributed by atoms with E-state index in [0.717, 1.165) is 6.92 Å². The number of ether oxygens (including phenoxy) is 2. The van der Waals surface area contributed by atoms with E-state index in [9.17, 15) is 9.59 Å². The quantitative estimate of drug-likeness (QED) is 0.656. The molecule has 0 rings (SSSR count). The van der Waals surface area contributed by atoms with Crippen LogP contribution in [0.5, 0.6) is 0 Å². The molecular weight excluding hydrogens is 184 g/mol. The minimum absolute atomic E-state index is 0.876. The second-order valence-electron chi connectivity index (χ2n) is 3.59. The second-order valence-corrected chi connectivity index (χ2v) is 3.59. The predicted molar refractivity (Wildman–Crippen MR) is 51.7 cm³/mol. The van der Waals surface area contributed by atoms with Crippen molar-refractivity contribution >= 4 is 11.9 Å². The van der Waals surface area contributed by atoms with Crippen LogP contribution in [0.2, 0.25) is 0 Å². The van der Waals surface area contributed by atoms with E-state index in [1.165, 1.54) is 0 Å². The molecular formula is C10H18O4. The Labute approximate surface area is 90.2 Å². The average molecular weight is 206 g/mol. The Morgan fingerprint density at radius 3 is 2.36 bits per heavy atom. The highest BCUT2D eigenvalue weighted by atomic mass is 16.6. The van der Waals surface area contributed by atoms with E-state index >= 15 is 0 Å². The molecule has 0 aliphatic carbocycles. The molecule has 4 nitrogen and oxygen atoms in total. The average Bonchev–Trinajstić information content (AvgIpc) is 1.94. The zero-order chi connectivity index (χ0) is 14.8. The van der Waals surface area contributed by atoms with Crippen molar-refractivity contribution in [3.8, 4) is 0 Å². The van der Waals surface area contributed by atoms with Gasteiger partial charge < -0.3 is 9.47 Å². The van der Waals surface area contributed by atoms with Crippen LogP contribution >= 0.6 is 0 Å². The Hall–Kier alpha value is -1.06. The van der Waals surface area contributed by atoms with Crippen LogP contribution in [0.3, 0.4) is 0 Å². The van der Waals surface area contributed by atoms with E-state index in [1.54, 1.807) is 20.8 Å². The Morgan fingerprint density at radius 2 is 1.93 bits per heavy atom. The molecule has 0 aromatic heterocycles. The lowest BCUT2D eigenvalue weighted by atomic mass is 10.2. The number of hydrogen-bond acceptors (Lipinski definition) is 4. The Morgan fingerprint density at radius 1 is 1.36 bits per heavy atom. The van der Waals surface area contributed by atoms with Crippen molar-refractivity contribution in [2.45, 2.75) is 46.1 Å². The van der Waals surface area contributed by atoms with Crippen LogP contribution in [0, 0.1) is 0 Å². The molecule has 0 spiro atoms. The molecule has 0 atom stereocenters. The summed E-state index contributed by atoms with van der Waals surface area (Å²) < 4.78 is 38.7. The molecule has 14 heavy (non-hydrogen) atoms. The first-order valence-corrected chi connectivity index (χ1v) is 4.18. The lowest BCUT2D eigenvalue weighted by Crippen LogP contribution is -2.23. The number of rotatable bonds is 4. The molecule has 4 heteroatoms. The zero-order valence-electron chi connectivity index (χ0n) is 12.8. The lowest BCUT2D eigenvalue weighted by Gasteiger charge is -2.19. The monoisotopic (exact) mass is 206 g/mol. The third kappa shape index (κ3) is 9.03. The summed E-state index contributed by atoms with van der Waals surface area (Å²) in [7, 11) is 0. The van der Waals surface area contributed by atoms with E-state index < -0.39 is 36.9 Å². The topological polar surface area (TPSA) is 52.6 Å². The molecule has 0 aromatic carbocycles.